The van der Waals surface area contributed by atoms with E-state index < -0.39 is 11.2 Å². The molecule has 1 unspecified atom stereocenters. The molecule has 21 heavy (non-hydrogen) atoms. The molecule has 1 aromatic carbocycles. The standard InChI is InChI=1S/C14H15ClN2O3S/c1-8(2)13(14(19)20)21-7-12(18)17-10-4-3-9(6-16)11(15)5-10/h3-5,8,13H,7H2,1-2H3,(H,17,18)(H,19,20). The monoisotopic (exact) mass is 326 g/mol. The third-order valence-corrected chi connectivity index (χ3v) is 4.46. The summed E-state index contributed by atoms with van der Waals surface area (Å²) < 4.78 is 0. The number of halogens is 1. The van der Waals surface area contributed by atoms with Crippen LogP contribution in [-0.4, -0.2) is 28.0 Å². The molecule has 2 N–H and O–H groups in total. The maximum absolute atomic E-state index is 11.8. The largest absolute Gasteiger partial charge is 0.480 e. The third kappa shape index (κ3) is 5.29. The molecule has 0 aliphatic heterocycles. The van der Waals surface area contributed by atoms with E-state index >= 15 is 0 Å². The fraction of sp³-hybridized carbons (Fsp3) is 0.357. The number of thioether (sulfide) groups is 1. The zero-order chi connectivity index (χ0) is 16.0. The predicted octanol–water partition coefficient (Wildman–Crippen LogP) is 2.99. The van der Waals surface area contributed by atoms with Crippen molar-refractivity contribution in [2.75, 3.05) is 11.1 Å². The van der Waals surface area contributed by atoms with Crippen LogP contribution >= 0.6 is 23.4 Å². The van der Waals surface area contributed by atoms with Crippen molar-refractivity contribution in [3.05, 3.63) is 28.8 Å². The summed E-state index contributed by atoms with van der Waals surface area (Å²) in [6, 6.07) is 6.50. The minimum Gasteiger partial charge on any atom is -0.480 e. The Bertz CT molecular complexity index is 584. The van der Waals surface area contributed by atoms with E-state index in [1.807, 2.05) is 6.07 Å². The third-order valence-electron chi connectivity index (χ3n) is 2.62. The molecule has 0 radical (unpaired) electrons. The van der Waals surface area contributed by atoms with Crippen LogP contribution in [0.4, 0.5) is 5.69 Å². The van der Waals surface area contributed by atoms with Gasteiger partial charge in [0.05, 0.1) is 16.3 Å². The summed E-state index contributed by atoms with van der Waals surface area (Å²) in [5.74, 6) is -1.27. The number of amides is 1. The minimum absolute atomic E-state index is 0.0345. The van der Waals surface area contributed by atoms with E-state index in [1.165, 1.54) is 12.1 Å². The fourth-order valence-corrected chi connectivity index (χ4v) is 2.75. The van der Waals surface area contributed by atoms with Crippen molar-refractivity contribution < 1.29 is 14.7 Å². The molecule has 1 rings (SSSR count). The highest BCUT2D eigenvalue weighted by Crippen LogP contribution is 2.22. The normalized spacial score (nSPS) is 11.8. The summed E-state index contributed by atoms with van der Waals surface area (Å²) in [5, 5.41) is 20.1. The van der Waals surface area contributed by atoms with Gasteiger partial charge in [-0.15, -0.1) is 11.8 Å². The maximum Gasteiger partial charge on any atom is 0.316 e. The Labute approximate surface area is 132 Å². The van der Waals surface area contributed by atoms with Crippen molar-refractivity contribution in [2.45, 2.75) is 19.1 Å². The van der Waals surface area contributed by atoms with E-state index in [-0.39, 0.29) is 22.6 Å². The molecule has 112 valence electrons. The summed E-state index contributed by atoms with van der Waals surface area (Å²) in [6.07, 6.45) is 0. The molecule has 7 heteroatoms. The first-order chi connectivity index (χ1) is 9.85. The van der Waals surface area contributed by atoms with Crippen LogP contribution in [0.25, 0.3) is 0 Å². The highest BCUT2D eigenvalue weighted by atomic mass is 35.5. The van der Waals surface area contributed by atoms with Crippen molar-refractivity contribution in [3.63, 3.8) is 0 Å². The van der Waals surface area contributed by atoms with Gasteiger partial charge in [0, 0.05) is 5.69 Å². The van der Waals surface area contributed by atoms with Gasteiger partial charge in [-0.05, 0) is 24.1 Å². The fourth-order valence-electron chi connectivity index (χ4n) is 1.59. The van der Waals surface area contributed by atoms with E-state index in [4.69, 9.17) is 22.0 Å². The molecule has 0 bridgehead atoms. The van der Waals surface area contributed by atoms with Gasteiger partial charge in [-0.2, -0.15) is 5.26 Å². The first kappa shape index (κ1) is 17.3. The number of hydrogen-bond donors (Lipinski definition) is 2. The van der Waals surface area contributed by atoms with Crippen LogP contribution in [0, 0.1) is 17.2 Å². The Kier molecular flexibility index (Phi) is 6.53. The summed E-state index contributed by atoms with van der Waals surface area (Å²) >= 11 is 6.95. The number of nitriles is 1. The molecule has 0 fully saturated rings. The Morgan fingerprint density at radius 2 is 2.14 bits per heavy atom. The molecule has 0 aliphatic rings. The molecule has 0 aromatic heterocycles. The van der Waals surface area contributed by atoms with Gasteiger partial charge in [0.2, 0.25) is 5.91 Å². The first-order valence-electron chi connectivity index (χ1n) is 6.19. The molecule has 1 atom stereocenters. The van der Waals surface area contributed by atoms with Gasteiger partial charge < -0.3 is 10.4 Å². The number of carboxylic acids is 1. The molecule has 0 heterocycles. The SMILES string of the molecule is CC(C)C(SCC(=O)Nc1ccc(C#N)c(Cl)c1)C(=O)O. The van der Waals surface area contributed by atoms with Gasteiger partial charge in [-0.3, -0.25) is 9.59 Å². The van der Waals surface area contributed by atoms with Crippen molar-refractivity contribution in [3.8, 4) is 6.07 Å². The molecule has 0 spiro atoms. The number of nitrogens with one attached hydrogen (secondary N) is 1. The molecule has 1 aromatic rings. The van der Waals surface area contributed by atoms with E-state index in [0.717, 1.165) is 11.8 Å². The Morgan fingerprint density at radius 1 is 1.48 bits per heavy atom. The number of aliphatic carboxylic acids is 1. The van der Waals surface area contributed by atoms with Crippen LogP contribution < -0.4 is 5.32 Å². The topological polar surface area (TPSA) is 90.2 Å². The lowest BCUT2D eigenvalue weighted by Gasteiger charge is -2.15. The number of nitrogens with zero attached hydrogens (tertiary/aromatic N) is 1. The van der Waals surface area contributed by atoms with E-state index in [0.29, 0.717) is 11.3 Å². The van der Waals surface area contributed by atoms with Gasteiger partial charge in [-0.25, -0.2) is 0 Å². The summed E-state index contributed by atoms with van der Waals surface area (Å²) in [5.41, 5.74) is 0.802. The van der Waals surface area contributed by atoms with Crippen LogP contribution in [-0.2, 0) is 9.59 Å². The number of hydrogen-bond acceptors (Lipinski definition) is 4. The lowest BCUT2D eigenvalue weighted by Crippen LogP contribution is -2.25. The minimum atomic E-state index is -0.927. The lowest BCUT2D eigenvalue weighted by molar-refractivity contribution is -0.137. The maximum atomic E-state index is 11.8. The van der Waals surface area contributed by atoms with E-state index in [2.05, 4.69) is 5.32 Å². The number of benzene rings is 1. The summed E-state index contributed by atoms with van der Waals surface area (Å²) in [6.45, 7) is 3.59. The van der Waals surface area contributed by atoms with Crippen LogP contribution in [0.5, 0.6) is 0 Å². The number of carbonyl (C=O) groups is 2. The summed E-state index contributed by atoms with van der Waals surface area (Å²) in [4.78, 5) is 22.8. The Morgan fingerprint density at radius 3 is 2.62 bits per heavy atom. The molecule has 0 aliphatic carbocycles. The quantitative estimate of drug-likeness (QED) is 0.838. The van der Waals surface area contributed by atoms with Crippen LogP contribution in [0.2, 0.25) is 5.02 Å². The molecule has 5 nitrogen and oxygen atoms in total. The zero-order valence-electron chi connectivity index (χ0n) is 11.6. The smallest absolute Gasteiger partial charge is 0.316 e. The van der Waals surface area contributed by atoms with Crippen molar-refractivity contribution in [2.24, 2.45) is 5.92 Å². The van der Waals surface area contributed by atoms with Gasteiger partial charge in [-0.1, -0.05) is 25.4 Å². The van der Waals surface area contributed by atoms with Gasteiger partial charge in [0.25, 0.3) is 0 Å². The average molecular weight is 327 g/mol. The Hall–Kier alpha value is -1.71. The van der Waals surface area contributed by atoms with Crippen LogP contribution in [0.15, 0.2) is 18.2 Å². The molecular weight excluding hydrogens is 312 g/mol. The number of carboxylic acid groups (broad SMARTS) is 1. The van der Waals surface area contributed by atoms with Crippen molar-refractivity contribution >= 4 is 40.9 Å². The van der Waals surface area contributed by atoms with Gasteiger partial charge in [0.1, 0.15) is 11.3 Å². The number of carbonyl (C=O) groups excluding carboxylic acids is 1. The second-order valence-corrected chi connectivity index (χ2v) is 6.21. The van der Waals surface area contributed by atoms with Crippen molar-refractivity contribution in [1.82, 2.24) is 0 Å². The highest BCUT2D eigenvalue weighted by Gasteiger charge is 2.22. The summed E-state index contributed by atoms with van der Waals surface area (Å²) in [7, 11) is 0. The molecule has 0 saturated carbocycles. The second kappa shape index (κ2) is 7.91. The Balaban J connectivity index is 2.60. The second-order valence-electron chi connectivity index (χ2n) is 4.67. The van der Waals surface area contributed by atoms with Gasteiger partial charge >= 0.3 is 5.97 Å². The number of anilines is 1. The van der Waals surface area contributed by atoms with Gasteiger partial charge in [0.15, 0.2) is 0 Å². The highest BCUT2D eigenvalue weighted by molar-refractivity contribution is 8.01. The zero-order valence-corrected chi connectivity index (χ0v) is 13.2. The molecule has 0 saturated heterocycles. The van der Waals surface area contributed by atoms with Crippen molar-refractivity contribution in [1.29, 1.82) is 5.26 Å². The van der Waals surface area contributed by atoms with E-state index in [1.54, 1.807) is 19.9 Å². The van der Waals surface area contributed by atoms with Crippen LogP contribution in [0.1, 0.15) is 19.4 Å². The van der Waals surface area contributed by atoms with Crippen LogP contribution in [0.3, 0.4) is 0 Å². The predicted molar refractivity (Wildman–Crippen MR) is 83.5 cm³/mol. The lowest BCUT2D eigenvalue weighted by atomic mass is 10.1. The van der Waals surface area contributed by atoms with E-state index in [9.17, 15) is 9.59 Å². The molecular formula is C14H15ClN2O3S. The number of rotatable bonds is 6. The molecule has 1 amide bonds. The average Bonchev–Trinajstić information content (AvgIpc) is 2.38. The first-order valence-corrected chi connectivity index (χ1v) is 7.61.